The van der Waals surface area contributed by atoms with E-state index in [1.165, 1.54) is 16.3 Å². The molecule has 0 aliphatic carbocycles. The van der Waals surface area contributed by atoms with E-state index in [0.29, 0.717) is 32.7 Å². The minimum Gasteiger partial charge on any atom is -0.268 e. The van der Waals surface area contributed by atoms with Crippen LogP contribution in [0, 0.1) is 0 Å². The smallest absolute Gasteiger partial charge is 0.268 e. The molecule has 5 aromatic rings. The topological polar surface area (TPSA) is 93.8 Å². The summed E-state index contributed by atoms with van der Waals surface area (Å²) in [5, 5.41) is 13.3. The van der Waals surface area contributed by atoms with Crippen LogP contribution in [-0.2, 0) is 6.42 Å². The van der Waals surface area contributed by atoms with Gasteiger partial charge in [-0.2, -0.15) is 10.1 Å². The monoisotopic (exact) mass is 437 g/mol. The SMILES string of the molecule is CCc1nn2c(ncc3c(=O)n(-c4nc(SC)n[nH]4)ccc32)c1-c1cccc(Cl)c1. The number of aryl methyl sites for hydroxylation is 1. The molecule has 4 aromatic heterocycles. The number of pyridine rings is 1. The van der Waals surface area contributed by atoms with Crippen LogP contribution in [0.2, 0.25) is 5.02 Å². The van der Waals surface area contributed by atoms with E-state index in [9.17, 15) is 4.79 Å². The zero-order valence-corrected chi connectivity index (χ0v) is 17.7. The number of aromatic nitrogens is 7. The predicted octanol–water partition coefficient (Wildman–Crippen LogP) is 3.76. The number of rotatable bonds is 4. The maximum Gasteiger partial charge on any atom is 0.268 e. The van der Waals surface area contributed by atoms with Crippen LogP contribution < -0.4 is 5.56 Å². The molecule has 8 nitrogen and oxygen atoms in total. The molecule has 4 heterocycles. The van der Waals surface area contributed by atoms with Gasteiger partial charge in [-0.15, -0.1) is 5.10 Å². The summed E-state index contributed by atoms with van der Waals surface area (Å²) < 4.78 is 3.15. The third-order valence-electron chi connectivity index (χ3n) is 4.90. The molecule has 0 radical (unpaired) electrons. The highest BCUT2D eigenvalue weighted by Gasteiger charge is 2.18. The fraction of sp³-hybridized carbons (Fsp3) is 0.150. The summed E-state index contributed by atoms with van der Waals surface area (Å²) in [6, 6.07) is 9.45. The van der Waals surface area contributed by atoms with Crippen molar-refractivity contribution < 1.29 is 0 Å². The van der Waals surface area contributed by atoms with Crippen LogP contribution in [0.5, 0.6) is 0 Å². The molecular weight excluding hydrogens is 422 g/mol. The van der Waals surface area contributed by atoms with Crippen LogP contribution in [0.25, 0.3) is 33.6 Å². The molecule has 0 saturated heterocycles. The van der Waals surface area contributed by atoms with Crippen molar-refractivity contribution in [3.05, 3.63) is 63.8 Å². The fourth-order valence-corrected chi connectivity index (χ4v) is 4.01. The molecule has 0 unspecified atom stereocenters. The van der Waals surface area contributed by atoms with Crippen molar-refractivity contribution in [3.63, 3.8) is 0 Å². The third-order valence-corrected chi connectivity index (χ3v) is 5.68. The minimum atomic E-state index is -0.247. The maximum absolute atomic E-state index is 13.1. The van der Waals surface area contributed by atoms with E-state index in [2.05, 4.69) is 20.2 Å². The highest BCUT2D eigenvalue weighted by Crippen LogP contribution is 2.31. The van der Waals surface area contributed by atoms with Gasteiger partial charge in [-0.05, 0) is 36.4 Å². The lowest BCUT2D eigenvalue weighted by Gasteiger charge is -2.05. The Kier molecular flexibility index (Phi) is 4.56. The molecule has 0 saturated carbocycles. The van der Waals surface area contributed by atoms with E-state index in [0.717, 1.165) is 23.2 Å². The molecule has 1 aromatic carbocycles. The van der Waals surface area contributed by atoms with Crippen molar-refractivity contribution >= 4 is 39.9 Å². The molecular formula is C20H16ClN7OS. The first kappa shape index (κ1) is 18.8. The summed E-state index contributed by atoms with van der Waals surface area (Å²) in [6.45, 7) is 2.04. The number of benzene rings is 1. The Labute approximate surface area is 179 Å². The molecule has 150 valence electrons. The minimum absolute atomic E-state index is 0.247. The zero-order chi connectivity index (χ0) is 20.8. The molecule has 30 heavy (non-hydrogen) atoms. The summed E-state index contributed by atoms with van der Waals surface area (Å²) in [4.78, 5) is 22.0. The van der Waals surface area contributed by atoms with Crippen LogP contribution in [-0.4, -0.2) is 40.6 Å². The van der Waals surface area contributed by atoms with Crippen molar-refractivity contribution in [3.8, 4) is 17.1 Å². The van der Waals surface area contributed by atoms with Gasteiger partial charge in [0.1, 0.15) is 0 Å². The second-order valence-electron chi connectivity index (χ2n) is 6.61. The average molecular weight is 438 g/mol. The van der Waals surface area contributed by atoms with E-state index in [-0.39, 0.29) is 5.56 Å². The quantitative estimate of drug-likeness (QED) is 0.430. The highest BCUT2D eigenvalue weighted by molar-refractivity contribution is 7.98. The number of fused-ring (bicyclic) bond motifs is 3. The number of H-pyrrole nitrogens is 1. The molecule has 5 rings (SSSR count). The standard InChI is InChI=1S/C20H16ClN7OS/c1-3-14-16(11-5-4-6-12(21)9-11)17-22-10-13-15(28(17)26-14)7-8-27(18(13)29)19-23-20(30-2)25-24-19/h4-10H,3H2,1-2H3,(H,23,24,25). The molecule has 0 aliphatic rings. The zero-order valence-electron chi connectivity index (χ0n) is 16.1. The number of nitrogens with one attached hydrogen (secondary N) is 1. The summed E-state index contributed by atoms with van der Waals surface area (Å²) in [5.74, 6) is 0.362. The number of hydrogen-bond donors (Lipinski definition) is 1. The summed E-state index contributed by atoms with van der Waals surface area (Å²) >= 11 is 7.60. The van der Waals surface area contributed by atoms with E-state index in [1.54, 1.807) is 16.9 Å². The van der Waals surface area contributed by atoms with Crippen molar-refractivity contribution in [1.82, 2.24) is 34.3 Å². The van der Waals surface area contributed by atoms with E-state index in [4.69, 9.17) is 16.7 Å². The van der Waals surface area contributed by atoms with Gasteiger partial charge in [0, 0.05) is 23.0 Å². The van der Waals surface area contributed by atoms with Crippen LogP contribution >= 0.6 is 23.4 Å². The molecule has 0 spiro atoms. The number of thioether (sulfide) groups is 1. The van der Waals surface area contributed by atoms with Gasteiger partial charge in [-0.25, -0.2) is 14.6 Å². The Morgan fingerprint density at radius 2 is 2.13 bits per heavy atom. The van der Waals surface area contributed by atoms with Gasteiger partial charge < -0.3 is 0 Å². The molecule has 0 amide bonds. The van der Waals surface area contributed by atoms with Gasteiger partial charge in [-0.1, -0.05) is 42.4 Å². The summed E-state index contributed by atoms with van der Waals surface area (Å²) in [6.07, 6.45) is 5.85. The molecule has 0 aliphatic heterocycles. The van der Waals surface area contributed by atoms with Crippen LogP contribution in [0.3, 0.4) is 0 Å². The predicted molar refractivity (Wildman–Crippen MR) is 118 cm³/mol. The van der Waals surface area contributed by atoms with E-state index in [1.807, 2.05) is 43.5 Å². The van der Waals surface area contributed by atoms with Gasteiger partial charge >= 0.3 is 0 Å². The summed E-state index contributed by atoms with van der Waals surface area (Å²) in [5.41, 5.74) is 3.87. The second kappa shape index (κ2) is 7.26. The second-order valence-corrected chi connectivity index (χ2v) is 7.82. The van der Waals surface area contributed by atoms with Gasteiger partial charge in [0.2, 0.25) is 11.1 Å². The highest BCUT2D eigenvalue weighted by atomic mass is 35.5. The van der Waals surface area contributed by atoms with Crippen LogP contribution in [0.4, 0.5) is 0 Å². The largest absolute Gasteiger partial charge is 0.268 e. The lowest BCUT2D eigenvalue weighted by molar-refractivity contribution is 0.885. The molecule has 0 atom stereocenters. The first-order valence-electron chi connectivity index (χ1n) is 9.25. The number of aromatic amines is 1. The average Bonchev–Trinajstić information content (AvgIpc) is 3.38. The van der Waals surface area contributed by atoms with Crippen molar-refractivity contribution in [1.29, 1.82) is 0 Å². The molecule has 10 heteroatoms. The van der Waals surface area contributed by atoms with Crippen LogP contribution in [0.1, 0.15) is 12.6 Å². The Hall–Kier alpha value is -3.17. The fourth-order valence-electron chi connectivity index (χ4n) is 3.51. The Morgan fingerprint density at radius 1 is 1.27 bits per heavy atom. The molecule has 0 bridgehead atoms. The lowest BCUT2D eigenvalue weighted by Crippen LogP contribution is -2.20. The van der Waals surface area contributed by atoms with Gasteiger partial charge in [0.15, 0.2) is 5.65 Å². The van der Waals surface area contributed by atoms with Crippen LogP contribution in [0.15, 0.2) is 52.7 Å². The Balaban J connectivity index is 1.76. The van der Waals surface area contributed by atoms with Gasteiger partial charge in [-0.3, -0.25) is 9.36 Å². The number of halogens is 1. The first-order valence-corrected chi connectivity index (χ1v) is 10.9. The van der Waals surface area contributed by atoms with Gasteiger partial charge in [0.05, 0.1) is 16.6 Å². The Morgan fingerprint density at radius 3 is 2.87 bits per heavy atom. The molecule has 1 N–H and O–H groups in total. The first-order chi connectivity index (χ1) is 14.6. The molecule has 0 fully saturated rings. The third kappa shape index (κ3) is 2.89. The van der Waals surface area contributed by atoms with Gasteiger partial charge in [0.25, 0.3) is 5.56 Å². The maximum atomic E-state index is 13.1. The lowest BCUT2D eigenvalue weighted by atomic mass is 10.0. The number of hydrogen-bond acceptors (Lipinski definition) is 6. The van der Waals surface area contributed by atoms with E-state index < -0.39 is 0 Å². The number of nitrogens with zero attached hydrogens (tertiary/aromatic N) is 6. The normalized spacial score (nSPS) is 11.6. The van der Waals surface area contributed by atoms with Crippen molar-refractivity contribution in [2.24, 2.45) is 0 Å². The van der Waals surface area contributed by atoms with Crippen molar-refractivity contribution in [2.45, 2.75) is 18.5 Å². The Bertz CT molecular complexity index is 1470. The summed E-state index contributed by atoms with van der Waals surface area (Å²) in [7, 11) is 0. The van der Waals surface area contributed by atoms with Crippen molar-refractivity contribution in [2.75, 3.05) is 6.26 Å². The van der Waals surface area contributed by atoms with E-state index >= 15 is 0 Å².